The Hall–Kier alpha value is -2.69. The molecular formula is C22H28O10. The highest BCUT2D eigenvalue weighted by Gasteiger charge is 2.57. The van der Waals surface area contributed by atoms with Crippen LogP contribution in [0.1, 0.15) is 24.8 Å². The molecule has 4 atom stereocenters. The van der Waals surface area contributed by atoms with E-state index in [9.17, 15) is 19.5 Å². The van der Waals surface area contributed by atoms with Crippen LogP contribution in [-0.2, 0) is 33.3 Å². The van der Waals surface area contributed by atoms with Crippen LogP contribution in [0.5, 0.6) is 11.5 Å². The van der Waals surface area contributed by atoms with Gasteiger partial charge in [0.15, 0.2) is 17.3 Å². The van der Waals surface area contributed by atoms with Crippen molar-refractivity contribution in [2.24, 2.45) is 11.8 Å². The smallest absolute Gasteiger partial charge is 0.317 e. The number of rotatable bonds is 9. The van der Waals surface area contributed by atoms with E-state index in [-0.39, 0.29) is 33.2 Å². The first-order chi connectivity index (χ1) is 15.3. The van der Waals surface area contributed by atoms with Crippen LogP contribution in [0.15, 0.2) is 18.2 Å². The molecule has 10 nitrogen and oxygen atoms in total. The summed E-state index contributed by atoms with van der Waals surface area (Å²) >= 11 is 0. The Kier molecular flexibility index (Phi) is 7.70. The summed E-state index contributed by atoms with van der Waals surface area (Å²) in [6.07, 6.45) is -0.401. The molecule has 1 heterocycles. The summed E-state index contributed by atoms with van der Waals surface area (Å²) in [7, 11) is 2.92. The van der Waals surface area contributed by atoms with Crippen LogP contribution in [0.3, 0.4) is 0 Å². The van der Waals surface area contributed by atoms with E-state index in [1.54, 1.807) is 18.2 Å². The number of benzene rings is 1. The van der Waals surface area contributed by atoms with Gasteiger partial charge in [-0.3, -0.25) is 14.4 Å². The van der Waals surface area contributed by atoms with E-state index in [0.717, 1.165) is 0 Å². The minimum absolute atomic E-state index is 0.0328. The van der Waals surface area contributed by atoms with Crippen LogP contribution >= 0.6 is 0 Å². The van der Waals surface area contributed by atoms with Crippen molar-refractivity contribution in [3.63, 3.8) is 0 Å². The second-order valence-corrected chi connectivity index (χ2v) is 7.91. The van der Waals surface area contributed by atoms with Crippen molar-refractivity contribution in [3.05, 3.63) is 23.8 Å². The second-order valence-electron chi connectivity index (χ2n) is 7.91. The highest BCUT2D eigenvalue weighted by Crippen LogP contribution is 2.48. The molecule has 0 amide bonds. The Bertz CT molecular complexity index is 849. The quantitative estimate of drug-likeness (QED) is 0.327. The third-order valence-corrected chi connectivity index (χ3v) is 5.62. The van der Waals surface area contributed by atoms with Gasteiger partial charge in [0, 0.05) is 26.6 Å². The number of aliphatic hydroxyl groups is 1. The molecule has 1 fully saturated rings. The molecule has 1 aromatic rings. The Morgan fingerprint density at radius 2 is 1.66 bits per heavy atom. The van der Waals surface area contributed by atoms with Gasteiger partial charge < -0.3 is 33.5 Å². The maximum absolute atomic E-state index is 13.1. The highest BCUT2D eigenvalue weighted by atomic mass is 16.7. The summed E-state index contributed by atoms with van der Waals surface area (Å²) in [4.78, 5) is 39.0. The Morgan fingerprint density at radius 3 is 2.31 bits per heavy atom. The number of Topliss-reactive ketones (excluding diaryl/α,β-unsaturated/α-hetero) is 1. The van der Waals surface area contributed by atoms with Crippen LogP contribution in [0, 0.1) is 11.8 Å². The molecule has 1 aromatic carbocycles. The predicted molar refractivity (Wildman–Crippen MR) is 108 cm³/mol. The van der Waals surface area contributed by atoms with E-state index in [4.69, 9.17) is 28.4 Å². The molecule has 1 aliphatic carbocycles. The predicted octanol–water partition coefficient (Wildman–Crippen LogP) is 0.834. The molecule has 0 spiro atoms. The maximum Gasteiger partial charge on any atom is 0.317 e. The Labute approximate surface area is 185 Å². The summed E-state index contributed by atoms with van der Waals surface area (Å²) in [5.74, 6) is -4.70. The van der Waals surface area contributed by atoms with Crippen molar-refractivity contribution < 1.29 is 47.9 Å². The zero-order chi connectivity index (χ0) is 23.3. The standard InChI is InChI=1S/C22H28O10/c1-22(26)11-14(23)18(20(24)29-8-6-27-2)17(19(22)21(25)30-9-7-28-3)13-4-5-15-16(10-13)32-12-31-15/h4-5,10,17-19,26H,6-9,11-12H2,1-3H3/t17-,18+,19-,22-/m0/s1. The molecular weight excluding hydrogens is 424 g/mol. The molecule has 0 unspecified atom stereocenters. The van der Waals surface area contributed by atoms with E-state index >= 15 is 0 Å². The van der Waals surface area contributed by atoms with Gasteiger partial charge in [0.1, 0.15) is 19.1 Å². The number of carbonyl (C=O) groups is 3. The second kappa shape index (κ2) is 10.3. The first kappa shape index (κ1) is 24.0. The van der Waals surface area contributed by atoms with Crippen molar-refractivity contribution in [3.8, 4) is 11.5 Å². The van der Waals surface area contributed by atoms with Crippen molar-refractivity contribution in [1.29, 1.82) is 0 Å². The SMILES string of the molecule is COCCOC(=O)[C@@H]1C(=O)C[C@](C)(O)[C@H](C(=O)OCCOC)[C@H]1c1ccc2c(c1)OCO2. The van der Waals surface area contributed by atoms with Gasteiger partial charge in [-0.2, -0.15) is 0 Å². The number of esters is 2. The molecule has 1 N–H and O–H groups in total. The Balaban J connectivity index is 2.01. The van der Waals surface area contributed by atoms with Gasteiger partial charge >= 0.3 is 11.9 Å². The van der Waals surface area contributed by atoms with E-state index in [0.29, 0.717) is 17.1 Å². The zero-order valence-electron chi connectivity index (χ0n) is 18.3. The topological polar surface area (TPSA) is 127 Å². The molecule has 32 heavy (non-hydrogen) atoms. The van der Waals surface area contributed by atoms with Gasteiger partial charge in [-0.05, 0) is 24.6 Å². The number of fused-ring (bicyclic) bond motifs is 1. The summed E-state index contributed by atoms with van der Waals surface area (Å²) < 4.78 is 31.1. The van der Waals surface area contributed by atoms with Gasteiger partial charge in [0.05, 0.1) is 24.7 Å². The third-order valence-electron chi connectivity index (χ3n) is 5.62. The molecule has 1 saturated carbocycles. The number of methoxy groups -OCH3 is 2. The van der Waals surface area contributed by atoms with Crippen LogP contribution in [0.2, 0.25) is 0 Å². The molecule has 1 aliphatic heterocycles. The number of hydrogen-bond acceptors (Lipinski definition) is 10. The molecule has 3 rings (SSSR count). The average Bonchev–Trinajstić information content (AvgIpc) is 3.20. The molecule has 0 bridgehead atoms. The first-order valence-corrected chi connectivity index (χ1v) is 10.3. The monoisotopic (exact) mass is 452 g/mol. The van der Waals surface area contributed by atoms with Crippen molar-refractivity contribution in [2.45, 2.75) is 24.9 Å². The Morgan fingerprint density at radius 1 is 1.03 bits per heavy atom. The summed E-state index contributed by atoms with van der Waals surface area (Å²) in [6.45, 7) is 1.65. The zero-order valence-corrected chi connectivity index (χ0v) is 18.3. The lowest BCUT2D eigenvalue weighted by molar-refractivity contribution is -0.174. The summed E-state index contributed by atoms with van der Waals surface area (Å²) in [5, 5.41) is 11.1. The van der Waals surface area contributed by atoms with Crippen LogP contribution in [0.4, 0.5) is 0 Å². The lowest BCUT2D eigenvalue weighted by Gasteiger charge is -2.43. The van der Waals surface area contributed by atoms with Gasteiger partial charge in [0.25, 0.3) is 0 Å². The highest BCUT2D eigenvalue weighted by molar-refractivity contribution is 6.02. The number of ether oxygens (including phenoxy) is 6. The fourth-order valence-corrected chi connectivity index (χ4v) is 4.17. The molecule has 2 aliphatic rings. The normalized spacial score (nSPS) is 26.6. The van der Waals surface area contributed by atoms with Gasteiger partial charge in [0.2, 0.25) is 6.79 Å². The van der Waals surface area contributed by atoms with E-state index in [1.165, 1.54) is 21.1 Å². The lowest BCUT2D eigenvalue weighted by Crippen LogP contribution is -2.55. The molecule has 0 saturated heterocycles. The molecule has 10 heteroatoms. The number of ketones is 1. The minimum atomic E-state index is -1.74. The van der Waals surface area contributed by atoms with E-state index in [2.05, 4.69) is 0 Å². The fourth-order valence-electron chi connectivity index (χ4n) is 4.17. The van der Waals surface area contributed by atoms with Crippen LogP contribution in [-0.4, -0.2) is 75.9 Å². The largest absolute Gasteiger partial charge is 0.463 e. The van der Waals surface area contributed by atoms with Crippen LogP contribution < -0.4 is 9.47 Å². The summed E-state index contributed by atoms with van der Waals surface area (Å²) in [6, 6.07) is 4.87. The van der Waals surface area contributed by atoms with Crippen LogP contribution in [0.25, 0.3) is 0 Å². The van der Waals surface area contributed by atoms with Gasteiger partial charge in [-0.25, -0.2) is 0 Å². The summed E-state index contributed by atoms with van der Waals surface area (Å²) in [5.41, 5.74) is -1.30. The lowest BCUT2D eigenvalue weighted by atomic mass is 9.61. The van der Waals surface area contributed by atoms with E-state index in [1.807, 2.05) is 0 Å². The van der Waals surface area contributed by atoms with Crippen molar-refractivity contribution in [1.82, 2.24) is 0 Å². The maximum atomic E-state index is 13.1. The van der Waals surface area contributed by atoms with Crippen molar-refractivity contribution >= 4 is 17.7 Å². The first-order valence-electron chi connectivity index (χ1n) is 10.3. The fraction of sp³-hybridized carbons (Fsp3) is 0.591. The molecule has 0 radical (unpaired) electrons. The molecule has 176 valence electrons. The van der Waals surface area contributed by atoms with Gasteiger partial charge in [-0.1, -0.05) is 6.07 Å². The minimum Gasteiger partial charge on any atom is -0.463 e. The van der Waals surface area contributed by atoms with Gasteiger partial charge in [-0.15, -0.1) is 0 Å². The average molecular weight is 452 g/mol. The number of carbonyl (C=O) groups excluding carboxylic acids is 3. The van der Waals surface area contributed by atoms with E-state index < -0.39 is 47.5 Å². The number of hydrogen-bond donors (Lipinski definition) is 1. The molecule has 0 aromatic heterocycles. The van der Waals surface area contributed by atoms with Crippen molar-refractivity contribution in [2.75, 3.05) is 47.4 Å². The third kappa shape index (κ3) is 5.03.